The molecule has 3 N–H and O–H groups in total. The second-order valence-corrected chi connectivity index (χ2v) is 7.13. The number of nitrogen functional groups attached to an aromatic ring is 1. The highest BCUT2D eigenvalue weighted by Gasteiger charge is 2.26. The van der Waals surface area contributed by atoms with Gasteiger partial charge in [-0.25, -0.2) is 15.0 Å². The zero-order valence-electron chi connectivity index (χ0n) is 16.0. The minimum atomic E-state index is -0.972. The van der Waals surface area contributed by atoms with Gasteiger partial charge in [-0.2, -0.15) is 5.26 Å². The van der Waals surface area contributed by atoms with E-state index in [1.807, 2.05) is 23.7 Å². The molecule has 8 heteroatoms. The van der Waals surface area contributed by atoms with Crippen LogP contribution in [-0.2, 0) is 7.05 Å². The first-order valence-electron chi connectivity index (χ1n) is 9.25. The molecule has 0 amide bonds. The summed E-state index contributed by atoms with van der Waals surface area (Å²) in [5, 5.41) is 19.7. The Labute approximate surface area is 175 Å². The summed E-state index contributed by atoms with van der Waals surface area (Å²) in [4.78, 5) is 13.3. The first-order valence-corrected chi connectivity index (χ1v) is 9.25. The van der Waals surface area contributed by atoms with Crippen LogP contribution in [0, 0.1) is 23.2 Å². The van der Waals surface area contributed by atoms with Gasteiger partial charge in [-0.3, -0.25) is 0 Å². The maximum Gasteiger partial charge on any atom is 0.209 e. The van der Waals surface area contributed by atoms with Crippen LogP contribution in [0.5, 0.6) is 0 Å². The van der Waals surface area contributed by atoms with Crippen LogP contribution in [0.4, 0.5) is 5.82 Å². The molecule has 7 nitrogen and oxygen atoms in total. The number of aryl methyl sites for hydroxylation is 1. The van der Waals surface area contributed by atoms with Crippen molar-refractivity contribution in [2.75, 3.05) is 5.73 Å². The van der Waals surface area contributed by atoms with Crippen molar-refractivity contribution in [3.8, 4) is 29.3 Å². The third-order valence-electron chi connectivity index (χ3n) is 5.08. The normalized spacial score (nSPS) is 15.1. The minimum absolute atomic E-state index is 0. The summed E-state index contributed by atoms with van der Waals surface area (Å²) in [5.41, 5.74) is 7.53. The number of halogens is 1. The van der Waals surface area contributed by atoms with Gasteiger partial charge in [0.2, 0.25) is 5.82 Å². The molecule has 1 saturated carbocycles. The zero-order valence-corrected chi connectivity index (χ0v) is 16.8. The van der Waals surface area contributed by atoms with Crippen LogP contribution in [0.2, 0.25) is 0 Å². The number of hydrogen-bond donors (Lipinski definition) is 2. The number of nitriles is 1. The molecule has 2 heterocycles. The van der Waals surface area contributed by atoms with Crippen molar-refractivity contribution in [1.29, 1.82) is 5.26 Å². The fourth-order valence-electron chi connectivity index (χ4n) is 3.56. The largest absolute Gasteiger partial charge is 0.382 e. The predicted molar refractivity (Wildman–Crippen MR) is 113 cm³/mol. The average molecular weight is 409 g/mol. The fourth-order valence-corrected chi connectivity index (χ4v) is 3.56. The molecule has 2 aromatic heterocycles. The van der Waals surface area contributed by atoms with E-state index in [0.29, 0.717) is 35.4 Å². The van der Waals surface area contributed by atoms with E-state index in [1.54, 1.807) is 12.1 Å². The standard InChI is InChI=1S/C21H20N6O.ClH/c1-27-19(15-7-5-6-14(12-15)13-22)26-17-18(23)24-16(25-20(17)27)8-11-21(28)9-3-2-4-10-21;/h5-7,12,28H,2-4,9-10H2,1H3,(H2,23,24,25);1H. The first-order chi connectivity index (χ1) is 13.5. The Morgan fingerprint density at radius 2 is 1.93 bits per heavy atom. The lowest BCUT2D eigenvalue weighted by Crippen LogP contribution is -2.29. The molecule has 1 fully saturated rings. The van der Waals surface area contributed by atoms with Gasteiger partial charge in [0.25, 0.3) is 0 Å². The number of aliphatic hydroxyl groups is 1. The molecular formula is C21H21ClN6O. The van der Waals surface area contributed by atoms with Gasteiger partial charge in [-0.1, -0.05) is 24.5 Å². The molecule has 0 radical (unpaired) electrons. The van der Waals surface area contributed by atoms with Crippen LogP contribution in [0.1, 0.15) is 43.5 Å². The van der Waals surface area contributed by atoms with Crippen molar-refractivity contribution in [1.82, 2.24) is 19.5 Å². The number of imidazole rings is 1. The second-order valence-electron chi connectivity index (χ2n) is 7.13. The number of nitrogens with two attached hydrogens (primary N) is 1. The van der Waals surface area contributed by atoms with Crippen molar-refractivity contribution < 1.29 is 5.11 Å². The lowest BCUT2D eigenvalue weighted by molar-refractivity contribution is 0.0610. The highest BCUT2D eigenvalue weighted by atomic mass is 35.5. The van der Waals surface area contributed by atoms with E-state index in [9.17, 15) is 5.11 Å². The molecule has 1 aliphatic rings. The maximum atomic E-state index is 10.6. The Kier molecular flexibility index (Phi) is 5.74. The molecule has 0 spiro atoms. The molecule has 0 bridgehead atoms. The van der Waals surface area contributed by atoms with E-state index >= 15 is 0 Å². The Balaban J connectivity index is 0.00000240. The third kappa shape index (κ3) is 4.02. The number of rotatable bonds is 1. The van der Waals surface area contributed by atoms with E-state index in [-0.39, 0.29) is 24.0 Å². The monoisotopic (exact) mass is 408 g/mol. The van der Waals surface area contributed by atoms with Gasteiger partial charge in [-0.15, -0.1) is 12.4 Å². The van der Waals surface area contributed by atoms with Crippen molar-refractivity contribution in [2.45, 2.75) is 37.7 Å². The van der Waals surface area contributed by atoms with E-state index in [2.05, 4.69) is 32.9 Å². The molecule has 3 aromatic rings. The van der Waals surface area contributed by atoms with Gasteiger partial charge >= 0.3 is 0 Å². The third-order valence-corrected chi connectivity index (χ3v) is 5.08. The van der Waals surface area contributed by atoms with E-state index in [0.717, 1.165) is 24.8 Å². The highest BCUT2D eigenvalue weighted by Crippen LogP contribution is 2.28. The summed E-state index contributed by atoms with van der Waals surface area (Å²) < 4.78 is 1.81. The number of benzene rings is 1. The molecule has 0 unspecified atom stereocenters. The molecule has 1 aliphatic carbocycles. The summed E-state index contributed by atoms with van der Waals surface area (Å²) in [6.45, 7) is 0. The smallest absolute Gasteiger partial charge is 0.209 e. The lowest BCUT2D eigenvalue weighted by Gasteiger charge is -2.26. The number of aromatic nitrogens is 4. The molecule has 148 valence electrons. The molecular weight excluding hydrogens is 388 g/mol. The number of hydrogen-bond acceptors (Lipinski definition) is 6. The maximum absolute atomic E-state index is 10.6. The van der Waals surface area contributed by atoms with Crippen LogP contribution in [0.15, 0.2) is 24.3 Å². The van der Waals surface area contributed by atoms with Gasteiger partial charge < -0.3 is 15.4 Å². The number of anilines is 1. The van der Waals surface area contributed by atoms with Crippen molar-refractivity contribution in [3.05, 3.63) is 35.7 Å². The van der Waals surface area contributed by atoms with Gasteiger partial charge in [0.05, 0.1) is 11.6 Å². The number of fused-ring (bicyclic) bond motifs is 1. The molecule has 29 heavy (non-hydrogen) atoms. The summed E-state index contributed by atoms with van der Waals surface area (Å²) in [7, 11) is 1.84. The molecule has 1 aromatic carbocycles. The van der Waals surface area contributed by atoms with Crippen LogP contribution >= 0.6 is 12.4 Å². The molecule has 0 saturated heterocycles. The summed E-state index contributed by atoms with van der Waals surface area (Å²) in [5.74, 6) is 6.98. The molecule has 0 aliphatic heterocycles. The van der Waals surface area contributed by atoms with E-state index in [1.165, 1.54) is 0 Å². The van der Waals surface area contributed by atoms with Gasteiger partial charge in [0.15, 0.2) is 17.0 Å². The Morgan fingerprint density at radius 1 is 1.17 bits per heavy atom. The Hall–Kier alpha value is -3.13. The first kappa shape index (κ1) is 20.6. The highest BCUT2D eigenvalue weighted by molar-refractivity contribution is 5.86. The van der Waals surface area contributed by atoms with E-state index < -0.39 is 5.60 Å². The van der Waals surface area contributed by atoms with Crippen LogP contribution < -0.4 is 5.73 Å². The Bertz CT molecular complexity index is 1160. The minimum Gasteiger partial charge on any atom is -0.382 e. The lowest BCUT2D eigenvalue weighted by atomic mass is 9.85. The van der Waals surface area contributed by atoms with Gasteiger partial charge in [-0.05, 0) is 43.7 Å². The molecule has 4 rings (SSSR count). The van der Waals surface area contributed by atoms with Crippen LogP contribution in [0.3, 0.4) is 0 Å². The summed E-state index contributed by atoms with van der Waals surface area (Å²) in [6, 6.07) is 9.33. The van der Waals surface area contributed by atoms with Gasteiger partial charge in [0, 0.05) is 12.6 Å². The average Bonchev–Trinajstić information content (AvgIpc) is 3.04. The Morgan fingerprint density at radius 3 is 2.66 bits per heavy atom. The predicted octanol–water partition coefficient (Wildman–Crippen LogP) is 2.95. The van der Waals surface area contributed by atoms with Crippen molar-refractivity contribution in [3.63, 3.8) is 0 Å². The van der Waals surface area contributed by atoms with E-state index in [4.69, 9.17) is 11.0 Å². The van der Waals surface area contributed by atoms with Crippen LogP contribution in [0.25, 0.3) is 22.6 Å². The van der Waals surface area contributed by atoms with Gasteiger partial charge in [0.1, 0.15) is 11.4 Å². The van der Waals surface area contributed by atoms with Crippen LogP contribution in [-0.4, -0.2) is 30.2 Å². The number of nitrogens with zero attached hydrogens (tertiary/aromatic N) is 5. The summed E-state index contributed by atoms with van der Waals surface area (Å²) in [6.07, 6.45) is 4.41. The topological polar surface area (TPSA) is 114 Å². The fraction of sp³-hybridized carbons (Fsp3) is 0.333. The molecule has 0 atom stereocenters. The van der Waals surface area contributed by atoms with Crippen molar-refractivity contribution in [2.24, 2.45) is 7.05 Å². The van der Waals surface area contributed by atoms with Crippen molar-refractivity contribution >= 4 is 29.4 Å². The quantitative estimate of drug-likeness (QED) is 0.598. The second kappa shape index (κ2) is 8.08. The zero-order chi connectivity index (χ0) is 19.7. The SMILES string of the molecule is Cl.Cn1c(-c2cccc(C#N)c2)nc2c(N)nc(C#CC3(O)CCCCC3)nc21. The summed E-state index contributed by atoms with van der Waals surface area (Å²) >= 11 is 0.